The van der Waals surface area contributed by atoms with Crippen LogP contribution < -0.4 is 4.90 Å². The molecule has 0 N–H and O–H groups in total. The molecule has 0 bridgehead atoms. The number of esters is 1. The standard InChI is InChI=1S/C12H15BrN2O2/c1-8-4-9(13)14-10(5-8)15-6-12(2,7-15)11(16)17-3/h4-5H,6-7H2,1-3H3. The molecular weight excluding hydrogens is 284 g/mol. The topological polar surface area (TPSA) is 42.4 Å². The number of methoxy groups -OCH3 is 1. The predicted octanol–water partition coefficient (Wildman–Crippen LogP) is 2.15. The summed E-state index contributed by atoms with van der Waals surface area (Å²) in [4.78, 5) is 18.0. The second kappa shape index (κ2) is 4.29. The van der Waals surface area contributed by atoms with Gasteiger partial charge in [-0.2, -0.15) is 0 Å². The highest BCUT2D eigenvalue weighted by atomic mass is 79.9. The highest BCUT2D eigenvalue weighted by Gasteiger charge is 2.46. The van der Waals surface area contributed by atoms with Crippen LogP contribution >= 0.6 is 15.9 Å². The fourth-order valence-corrected chi connectivity index (χ4v) is 2.65. The molecule has 4 nitrogen and oxygen atoms in total. The van der Waals surface area contributed by atoms with Crippen LogP contribution in [0.25, 0.3) is 0 Å². The van der Waals surface area contributed by atoms with E-state index in [1.54, 1.807) is 0 Å². The fraction of sp³-hybridized carbons (Fsp3) is 0.500. The molecule has 0 saturated carbocycles. The van der Waals surface area contributed by atoms with Crippen molar-refractivity contribution < 1.29 is 9.53 Å². The molecule has 0 atom stereocenters. The average Bonchev–Trinajstić information content (AvgIpc) is 2.22. The number of carbonyl (C=O) groups is 1. The molecule has 0 spiro atoms. The van der Waals surface area contributed by atoms with Gasteiger partial charge in [0, 0.05) is 13.1 Å². The molecule has 1 aromatic rings. The number of anilines is 1. The van der Waals surface area contributed by atoms with Crippen LogP contribution in [-0.4, -0.2) is 31.2 Å². The van der Waals surface area contributed by atoms with Crippen molar-refractivity contribution in [3.63, 3.8) is 0 Å². The van der Waals surface area contributed by atoms with Gasteiger partial charge in [0.1, 0.15) is 15.8 Å². The van der Waals surface area contributed by atoms with Crippen LogP contribution in [0.5, 0.6) is 0 Å². The Hall–Kier alpha value is -1.10. The third kappa shape index (κ3) is 2.29. The first kappa shape index (κ1) is 12.4. The van der Waals surface area contributed by atoms with Crippen molar-refractivity contribution in [2.45, 2.75) is 13.8 Å². The molecule has 17 heavy (non-hydrogen) atoms. The first-order valence-corrected chi connectivity index (χ1v) is 6.21. The number of carbonyl (C=O) groups excluding carboxylic acids is 1. The van der Waals surface area contributed by atoms with E-state index in [1.807, 2.05) is 26.0 Å². The number of hydrogen-bond acceptors (Lipinski definition) is 4. The SMILES string of the molecule is COC(=O)C1(C)CN(c2cc(C)cc(Br)n2)C1. The van der Waals surface area contributed by atoms with E-state index in [0.29, 0.717) is 13.1 Å². The maximum absolute atomic E-state index is 11.5. The summed E-state index contributed by atoms with van der Waals surface area (Å²) in [5.74, 6) is 0.749. The highest BCUT2D eigenvalue weighted by Crippen LogP contribution is 2.34. The number of rotatable bonds is 2. The third-order valence-electron chi connectivity index (χ3n) is 3.01. The maximum Gasteiger partial charge on any atom is 0.315 e. The van der Waals surface area contributed by atoms with Crippen molar-refractivity contribution in [2.24, 2.45) is 5.41 Å². The Morgan fingerprint density at radius 3 is 2.71 bits per heavy atom. The fourth-order valence-electron chi connectivity index (χ4n) is 2.10. The van der Waals surface area contributed by atoms with E-state index < -0.39 is 5.41 Å². The zero-order valence-electron chi connectivity index (χ0n) is 10.2. The minimum Gasteiger partial charge on any atom is -0.468 e. The van der Waals surface area contributed by atoms with Gasteiger partial charge in [0.2, 0.25) is 0 Å². The van der Waals surface area contributed by atoms with Gasteiger partial charge in [-0.15, -0.1) is 0 Å². The Bertz CT molecular complexity index is 436. The molecule has 1 aromatic heterocycles. The lowest BCUT2D eigenvalue weighted by atomic mass is 9.82. The monoisotopic (exact) mass is 298 g/mol. The summed E-state index contributed by atoms with van der Waals surface area (Å²) >= 11 is 3.38. The molecule has 2 heterocycles. The lowest BCUT2D eigenvalue weighted by Gasteiger charge is -2.46. The minimum absolute atomic E-state index is 0.152. The van der Waals surface area contributed by atoms with Crippen LogP contribution in [0.15, 0.2) is 16.7 Å². The van der Waals surface area contributed by atoms with Gasteiger partial charge in [0.25, 0.3) is 0 Å². The van der Waals surface area contributed by atoms with Gasteiger partial charge in [-0.1, -0.05) is 0 Å². The molecule has 5 heteroatoms. The molecule has 1 aliphatic heterocycles. The van der Waals surface area contributed by atoms with Gasteiger partial charge in [0.05, 0.1) is 7.11 Å². The van der Waals surface area contributed by atoms with E-state index in [1.165, 1.54) is 7.11 Å². The van der Waals surface area contributed by atoms with Crippen molar-refractivity contribution >= 4 is 27.7 Å². The van der Waals surface area contributed by atoms with E-state index in [9.17, 15) is 4.79 Å². The van der Waals surface area contributed by atoms with Crippen LogP contribution in [0.3, 0.4) is 0 Å². The molecule has 92 valence electrons. The quantitative estimate of drug-likeness (QED) is 0.620. The van der Waals surface area contributed by atoms with Crippen molar-refractivity contribution in [1.82, 2.24) is 4.98 Å². The van der Waals surface area contributed by atoms with Gasteiger partial charge in [0.15, 0.2) is 0 Å². The summed E-state index contributed by atoms with van der Waals surface area (Å²) in [7, 11) is 1.43. The van der Waals surface area contributed by atoms with Crippen LogP contribution in [0.4, 0.5) is 5.82 Å². The molecule has 0 aromatic carbocycles. The number of hydrogen-bond donors (Lipinski definition) is 0. The molecule has 1 saturated heterocycles. The molecule has 0 radical (unpaired) electrons. The predicted molar refractivity (Wildman–Crippen MR) is 69.0 cm³/mol. The number of pyridine rings is 1. The normalized spacial score (nSPS) is 17.5. The summed E-state index contributed by atoms with van der Waals surface area (Å²) in [5.41, 5.74) is 0.751. The summed E-state index contributed by atoms with van der Waals surface area (Å²) < 4.78 is 5.61. The van der Waals surface area contributed by atoms with Gasteiger partial charge in [-0.3, -0.25) is 4.79 Å². The van der Waals surface area contributed by atoms with E-state index in [-0.39, 0.29) is 5.97 Å². The summed E-state index contributed by atoms with van der Waals surface area (Å²) in [5, 5.41) is 0. The first-order valence-electron chi connectivity index (χ1n) is 5.42. The Morgan fingerprint density at radius 2 is 2.18 bits per heavy atom. The lowest BCUT2D eigenvalue weighted by Crippen LogP contribution is -2.59. The average molecular weight is 299 g/mol. The number of ether oxygens (including phenoxy) is 1. The van der Waals surface area contributed by atoms with Crippen molar-refractivity contribution in [3.05, 3.63) is 22.3 Å². The molecule has 1 aliphatic rings. The lowest BCUT2D eigenvalue weighted by molar-refractivity contribution is -0.153. The van der Waals surface area contributed by atoms with Gasteiger partial charge >= 0.3 is 5.97 Å². The second-order valence-electron chi connectivity index (χ2n) is 4.73. The van der Waals surface area contributed by atoms with Gasteiger partial charge in [-0.05, 0) is 47.5 Å². The van der Waals surface area contributed by atoms with Gasteiger partial charge in [-0.25, -0.2) is 4.98 Å². The molecule has 2 rings (SSSR count). The molecule has 0 aliphatic carbocycles. The van der Waals surface area contributed by atoms with Crippen molar-refractivity contribution in [2.75, 3.05) is 25.1 Å². The number of halogens is 1. The van der Waals surface area contributed by atoms with Crippen LogP contribution in [0.2, 0.25) is 0 Å². The summed E-state index contributed by atoms with van der Waals surface area (Å²) in [6.45, 7) is 5.25. The molecule has 0 unspecified atom stereocenters. The molecular formula is C12H15BrN2O2. The smallest absolute Gasteiger partial charge is 0.315 e. The van der Waals surface area contributed by atoms with Crippen LogP contribution in [0, 0.1) is 12.3 Å². The Kier molecular flexibility index (Phi) is 3.12. The van der Waals surface area contributed by atoms with E-state index in [0.717, 1.165) is 16.0 Å². The van der Waals surface area contributed by atoms with Crippen molar-refractivity contribution in [3.8, 4) is 0 Å². The maximum atomic E-state index is 11.5. The Labute approximate surface area is 109 Å². The number of aryl methyl sites for hydroxylation is 1. The van der Waals surface area contributed by atoms with Crippen molar-refractivity contribution in [1.29, 1.82) is 0 Å². The van der Waals surface area contributed by atoms with Crippen LogP contribution in [0.1, 0.15) is 12.5 Å². The first-order chi connectivity index (χ1) is 7.94. The second-order valence-corrected chi connectivity index (χ2v) is 5.55. The number of nitrogens with zero attached hydrogens (tertiary/aromatic N) is 2. The zero-order chi connectivity index (χ0) is 12.6. The molecule has 1 fully saturated rings. The molecule has 0 amide bonds. The third-order valence-corrected chi connectivity index (χ3v) is 3.41. The van der Waals surface area contributed by atoms with Gasteiger partial charge < -0.3 is 9.64 Å². The Morgan fingerprint density at radius 1 is 1.53 bits per heavy atom. The van der Waals surface area contributed by atoms with E-state index in [2.05, 4.69) is 25.8 Å². The largest absolute Gasteiger partial charge is 0.468 e. The minimum atomic E-state index is -0.396. The Balaban J connectivity index is 2.11. The van der Waals surface area contributed by atoms with Crippen LogP contribution in [-0.2, 0) is 9.53 Å². The summed E-state index contributed by atoms with van der Waals surface area (Å²) in [6, 6.07) is 3.98. The zero-order valence-corrected chi connectivity index (χ0v) is 11.7. The number of aromatic nitrogens is 1. The summed E-state index contributed by atoms with van der Waals surface area (Å²) in [6.07, 6.45) is 0. The van der Waals surface area contributed by atoms with E-state index >= 15 is 0 Å². The van der Waals surface area contributed by atoms with E-state index in [4.69, 9.17) is 4.74 Å². The highest BCUT2D eigenvalue weighted by molar-refractivity contribution is 9.10.